The molecule has 0 saturated heterocycles. The van der Waals surface area contributed by atoms with Gasteiger partial charge in [0.25, 0.3) is 0 Å². The van der Waals surface area contributed by atoms with Crippen molar-refractivity contribution in [2.75, 3.05) is 5.32 Å². The van der Waals surface area contributed by atoms with Gasteiger partial charge < -0.3 is 0 Å². The quantitative estimate of drug-likeness (QED) is 0.587. The molecule has 0 atom stereocenters. The number of halogens is 7. The molecular formula is C13H7ClF6N2OS. The van der Waals surface area contributed by atoms with Crippen molar-refractivity contribution in [2.24, 2.45) is 0 Å². The van der Waals surface area contributed by atoms with Gasteiger partial charge in [-0.2, -0.15) is 26.3 Å². The van der Waals surface area contributed by atoms with Gasteiger partial charge in [-0.15, -0.1) is 11.3 Å². The molecule has 1 aromatic heterocycles. The molecule has 0 unspecified atom stereocenters. The van der Waals surface area contributed by atoms with Gasteiger partial charge in [-0.3, -0.25) is 10.1 Å². The number of benzene rings is 1. The first-order valence-corrected chi connectivity index (χ1v) is 7.37. The summed E-state index contributed by atoms with van der Waals surface area (Å²) in [6, 6.07) is 8.33. The van der Waals surface area contributed by atoms with Crippen LogP contribution in [0, 0.1) is 0 Å². The highest BCUT2D eigenvalue weighted by molar-refractivity contribution is 7.14. The second-order valence-electron chi connectivity index (χ2n) is 4.50. The Morgan fingerprint density at radius 1 is 1.08 bits per heavy atom. The Morgan fingerprint density at radius 3 is 2.21 bits per heavy atom. The monoisotopic (exact) mass is 388 g/mol. The Kier molecular flexibility index (Phi) is 4.82. The first-order chi connectivity index (χ1) is 11.0. The van der Waals surface area contributed by atoms with E-state index in [2.05, 4.69) is 16.6 Å². The van der Waals surface area contributed by atoms with Crippen LogP contribution in [0.1, 0.15) is 0 Å². The van der Waals surface area contributed by atoms with Gasteiger partial charge in [0.2, 0.25) is 0 Å². The van der Waals surface area contributed by atoms with Crippen molar-refractivity contribution in [3.63, 3.8) is 0 Å². The molecule has 3 nitrogen and oxygen atoms in total. The SMILES string of the molecule is O=C(Nc1nc(-c2ccccc2)cs1)C(F)(F)C(F)(F)C(F)(F)Cl. The zero-order valence-corrected chi connectivity index (χ0v) is 12.9. The zero-order chi connectivity index (χ0) is 18.2. The van der Waals surface area contributed by atoms with Crippen LogP contribution in [0.5, 0.6) is 0 Å². The Bertz CT molecular complexity index is 732. The van der Waals surface area contributed by atoms with E-state index in [1.54, 1.807) is 30.3 Å². The van der Waals surface area contributed by atoms with Crippen molar-refractivity contribution in [2.45, 2.75) is 17.2 Å². The fraction of sp³-hybridized carbons (Fsp3) is 0.231. The van der Waals surface area contributed by atoms with Gasteiger partial charge in [-0.05, 0) is 11.6 Å². The van der Waals surface area contributed by atoms with Crippen molar-refractivity contribution in [3.8, 4) is 11.3 Å². The first kappa shape index (κ1) is 18.5. The molecule has 0 spiro atoms. The van der Waals surface area contributed by atoms with E-state index >= 15 is 0 Å². The van der Waals surface area contributed by atoms with E-state index < -0.39 is 28.3 Å². The van der Waals surface area contributed by atoms with E-state index in [-0.39, 0.29) is 5.69 Å². The summed E-state index contributed by atoms with van der Waals surface area (Å²) < 4.78 is 77.7. The fourth-order valence-electron chi connectivity index (χ4n) is 1.57. The molecule has 11 heteroatoms. The molecule has 1 N–H and O–H groups in total. The van der Waals surface area contributed by atoms with E-state index in [4.69, 9.17) is 0 Å². The van der Waals surface area contributed by atoms with Gasteiger partial charge >= 0.3 is 23.1 Å². The smallest absolute Gasteiger partial charge is 0.296 e. The normalized spacial score (nSPS) is 13.0. The lowest BCUT2D eigenvalue weighted by Gasteiger charge is -2.27. The maximum atomic E-state index is 13.4. The number of aromatic nitrogens is 1. The summed E-state index contributed by atoms with van der Waals surface area (Å²) in [4.78, 5) is 15.1. The molecule has 1 heterocycles. The largest absolute Gasteiger partial charge is 0.395 e. The maximum absolute atomic E-state index is 13.4. The van der Waals surface area contributed by atoms with Crippen molar-refractivity contribution in [1.82, 2.24) is 4.98 Å². The van der Waals surface area contributed by atoms with Crippen molar-refractivity contribution in [1.29, 1.82) is 0 Å². The second kappa shape index (κ2) is 6.25. The lowest BCUT2D eigenvalue weighted by molar-refractivity contribution is -0.266. The molecular weight excluding hydrogens is 382 g/mol. The standard InChI is InChI=1S/C13H7ClF6N2OS/c14-13(19,20)12(17,18)11(15,16)9(23)22-10-21-8(6-24-10)7-4-2-1-3-5-7/h1-6H,(H,21,22,23). The van der Waals surface area contributed by atoms with Crippen LogP contribution >= 0.6 is 22.9 Å². The molecule has 0 saturated carbocycles. The number of hydrogen-bond acceptors (Lipinski definition) is 3. The number of nitrogens with zero attached hydrogens (tertiary/aromatic N) is 1. The van der Waals surface area contributed by atoms with E-state index in [9.17, 15) is 31.1 Å². The number of hydrogen-bond donors (Lipinski definition) is 1. The fourth-order valence-corrected chi connectivity index (χ4v) is 2.40. The number of anilines is 1. The highest BCUT2D eigenvalue weighted by atomic mass is 35.5. The predicted molar refractivity (Wildman–Crippen MR) is 76.9 cm³/mol. The third-order valence-electron chi connectivity index (χ3n) is 2.83. The summed E-state index contributed by atoms with van der Waals surface area (Å²) in [6.45, 7) is 0. The number of alkyl halides is 7. The molecule has 0 bridgehead atoms. The zero-order valence-electron chi connectivity index (χ0n) is 11.4. The molecule has 2 aromatic rings. The second-order valence-corrected chi connectivity index (χ2v) is 5.84. The van der Waals surface area contributed by atoms with Crippen LogP contribution in [-0.2, 0) is 4.79 Å². The average molecular weight is 389 g/mol. The minimum absolute atomic E-state index is 0.286. The van der Waals surface area contributed by atoms with Crippen LogP contribution in [-0.4, -0.2) is 28.1 Å². The Morgan fingerprint density at radius 2 is 1.67 bits per heavy atom. The topological polar surface area (TPSA) is 42.0 Å². The molecule has 0 aliphatic carbocycles. The number of rotatable bonds is 5. The number of thiazole rings is 1. The molecule has 0 aliphatic rings. The maximum Gasteiger partial charge on any atom is 0.395 e. The highest BCUT2D eigenvalue weighted by Gasteiger charge is 2.74. The molecule has 2 rings (SSSR count). The molecule has 0 radical (unpaired) electrons. The van der Waals surface area contributed by atoms with Crippen LogP contribution < -0.4 is 5.32 Å². The number of carbonyl (C=O) groups is 1. The molecule has 130 valence electrons. The van der Waals surface area contributed by atoms with Gasteiger partial charge in [0.05, 0.1) is 5.69 Å². The number of carbonyl (C=O) groups excluding carboxylic acids is 1. The summed E-state index contributed by atoms with van der Waals surface area (Å²) >= 11 is 4.65. The van der Waals surface area contributed by atoms with Crippen LogP contribution in [0.25, 0.3) is 11.3 Å². The van der Waals surface area contributed by atoms with E-state index in [0.717, 1.165) is 0 Å². The third kappa shape index (κ3) is 3.34. The van der Waals surface area contributed by atoms with Crippen molar-refractivity contribution >= 4 is 34.0 Å². The summed E-state index contributed by atoms with van der Waals surface area (Å²) in [7, 11) is 0. The van der Waals surface area contributed by atoms with Gasteiger partial charge in [0.1, 0.15) is 0 Å². The Hall–Kier alpha value is -1.81. The predicted octanol–water partition coefficient (Wildman–Crippen LogP) is 4.85. The van der Waals surface area contributed by atoms with Crippen LogP contribution in [0.15, 0.2) is 35.7 Å². The Labute approximate surface area is 140 Å². The van der Waals surface area contributed by atoms with E-state index in [1.807, 2.05) is 0 Å². The highest BCUT2D eigenvalue weighted by Crippen LogP contribution is 2.48. The van der Waals surface area contributed by atoms with Crippen molar-refractivity contribution in [3.05, 3.63) is 35.7 Å². The molecule has 0 aliphatic heterocycles. The van der Waals surface area contributed by atoms with Gasteiger partial charge in [-0.25, -0.2) is 4.98 Å². The molecule has 1 aromatic carbocycles. The molecule has 1 amide bonds. The molecule has 0 fully saturated rings. The number of nitrogens with one attached hydrogen (secondary N) is 1. The summed E-state index contributed by atoms with van der Waals surface area (Å²) in [5.74, 6) is -14.5. The average Bonchev–Trinajstić information content (AvgIpc) is 2.95. The van der Waals surface area contributed by atoms with Gasteiger partial charge in [0, 0.05) is 10.9 Å². The minimum Gasteiger partial charge on any atom is -0.296 e. The molecule has 24 heavy (non-hydrogen) atoms. The lowest BCUT2D eigenvalue weighted by Crippen LogP contribution is -2.57. The minimum atomic E-state index is -6.08. The van der Waals surface area contributed by atoms with Gasteiger partial charge in [0.15, 0.2) is 5.13 Å². The van der Waals surface area contributed by atoms with Crippen LogP contribution in [0.4, 0.5) is 31.5 Å². The summed E-state index contributed by atoms with van der Waals surface area (Å²) in [5.41, 5.74) is 0.868. The lowest BCUT2D eigenvalue weighted by atomic mass is 10.1. The van der Waals surface area contributed by atoms with E-state index in [0.29, 0.717) is 16.9 Å². The summed E-state index contributed by atoms with van der Waals surface area (Å²) in [6.07, 6.45) is 0. The first-order valence-electron chi connectivity index (χ1n) is 6.11. The van der Waals surface area contributed by atoms with Crippen LogP contribution in [0.3, 0.4) is 0 Å². The van der Waals surface area contributed by atoms with Gasteiger partial charge in [-0.1, -0.05) is 30.3 Å². The van der Waals surface area contributed by atoms with Crippen LogP contribution in [0.2, 0.25) is 0 Å². The van der Waals surface area contributed by atoms with E-state index in [1.165, 1.54) is 10.7 Å². The van der Waals surface area contributed by atoms with Crippen molar-refractivity contribution < 1.29 is 31.1 Å². The third-order valence-corrected chi connectivity index (χ3v) is 3.82. The Balaban J connectivity index is 2.20. The summed E-state index contributed by atoms with van der Waals surface area (Å²) in [5, 5.41) is -3.29. The number of amides is 1.